The predicted octanol–water partition coefficient (Wildman–Crippen LogP) is 1.56. The number of nitrogens with zero attached hydrogens (tertiary/aromatic N) is 3. The average molecular weight is 481 g/mol. The lowest BCUT2D eigenvalue weighted by molar-refractivity contribution is -0.557. The van der Waals surface area contributed by atoms with Crippen molar-refractivity contribution in [3.05, 3.63) is 108 Å². The molecule has 28 heavy (non-hydrogen) atoms. The van der Waals surface area contributed by atoms with Gasteiger partial charge in [-0.05, 0) is 19.1 Å². The highest BCUT2D eigenvalue weighted by atomic mass is 127. The standard InChI is InChI=1S/C24H24N3.HI/c1-3-27-23(20-15-9-5-10-16-20)22(19-13-7-4-8-14-19)25-26(2)24(27)21-17-11-6-12-18-21;/h4-18,23H,3H2,1-2H3;1H/q+1;/p-1. The van der Waals surface area contributed by atoms with Crippen molar-refractivity contribution >= 4 is 11.5 Å². The minimum atomic E-state index is 0. The second-order valence-electron chi connectivity index (χ2n) is 6.66. The molecule has 0 saturated heterocycles. The van der Waals surface area contributed by atoms with Crippen LogP contribution in [-0.4, -0.2) is 34.7 Å². The molecule has 0 bridgehead atoms. The Balaban J connectivity index is 0.00000225. The molecule has 0 amide bonds. The molecule has 1 heterocycles. The van der Waals surface area contributed by atoms with Gasteiger partial charge in [0.25, 0.3) is 0 Å². The fourth-order valence-electron chi connectivity index (χ4n) is 3.79. The van der Waals surface area contributed by atoms with Crippen molar-refractivity contribution in [3.8, 4) is 0 Å². The van der Waals surface area contributed by atoms with Gasteiger partial charge in [-0.1, -0.05) is 84.0 Å². The van der Waals surface area contributed by atoms with E-state index in [1.807, 2.05) is 18.1 Å². The smallest absolute Gasteiger partial charge is 0.305 e. The number of hydrogen-bond donors (Lipinski definition) is 0. The summed E-state index contributed by atoms with van der Waals surface area (Å²) < 4.78 is 2.44. The van der Waals surface area contributed by atoms with E-state index in [9.17, 15) is 0 Å². The molecule has 4 heteroatoms. The molecule has 0 aliphatic carbocycles. The van der Waals surface area contributed by atoms with E-state index < -0.39 is 0 Å². The molecular weight excluding hydrogens is 457 g/mol. The maximum absolute atomic E-state index is 5.04. The molecule has 3 aromatic carbocycles. The first-order chi connectivity index (χ1) is 13.3. The van der Waals surface area contributed by atoms with Crippen molar-refractivity contribution in [1.82, 2.24) is 5.01 Å². The van der Waals surface area contributed by atoms with Gasteiger partial charge in [0, 0.05) is 11.1 Å². The van der Waals surface area contributed by atoms with Gasteiger partial charge in [0.2, 0.25) is 0 Å². The van der Waals surface area contributed by atoms with E-state index >= 15 is 0 Å². The lowest BCUT2D eigenvalue weighted by atomic mass is 9.94. The molecule has 1 atom stereocenters. The highest BCUT2D eigenvalue weighted by Crippen LogP contribution is 2.28. The molecule has 3 nitrogen and oxygen atoms in total. The van der Waals surface area contributed by atoms with Gasteiger partial charge in [-0.2, -0.15) is 0 Å². The molecule has 1 aliphatic heterocycles. The minimum absolute atomic E-state index is 0. The lowest BCUT2D eigenvalue weighted by Gasteiger charge is -2.29. The number of halogens is 1. The second kappa shape index (κ2) is 9.15. The van der Waals surface area contributed by atoms with Crippen LogP contribution < -0.4 is 24.0 Å². The second-order valence-corrected chi connectivity index (χ2v) is 6.66. The van der Waals surface area contributed by atoms with E-state index in [0.29, 0.717) is 0 Å². The van der Waals surface area contributed by atoms with Crippen molar-refractivity contribution in [2.24, 2.45) is 5.10 Å². The zero-order valence-corrected chi connectivity index (χ0v) is 18.3. The summed E-state index contributed by atoms with van der Waals surface area (Å²) in [6.07, 6.45) is 0. The third-order valence-corrected chi connectivity index (χ3v) is 4.96. The molecule has 0 spiro atoms. The van der Waals surface area contributed by atoms with Gasteiger partial charge < -0.3 is 24.0 Å². The molecule has 1 aliphatic rings. The van der Waals surface area contributed by atoms with Crippen LogP contribution in [0, 0.1) is 0 Å². The van der Waals surface area contributed by atoms with Crippen molar-refractivity contribution < 1.29 is 28.6 Å². The Kier molecular flexibility index (Phi) is 6.62. The fourth-order valence-corrected chi connectivity index (χ4v) is 3.79. The number of hydrazone groups is 1. The highest BCUT2D eigenvalue weighted by molar-refractivity contribution is 6.07. The van der Waals surface area contributed by atoms with E-state index in [0.717, 1.165) is 23.7 Å². The lowest BCUT2D eigenvalue weighted by Crippen LogP contribution is -3.00. The van der Waals surface area contributed by atoms with E-state index in [4.69, 9.17) is 5.10 Å². The summed E-state index contributed by atoms with van der Waals surface area (Å²) in [5.74, 6) is 1.13. The van der Waals surface area contributed by atoms with E-state index in [2.05, 4.69) is 96.4 Å². The topological polar surface area (TPSA) is 18.6 Å². The van der Waals surface area contributed by atoms with Gasteiger partial charge in [0.15, 0.2) is 6.04 Å². The predicted molar refractivity (Wildman–Crippen MR) is 111 cm³/mol. The molecule has 0 aromatic heterocycles. The maximum atomic E-state index is 5.04. The van der Waals surface area contributed by atoms with Crippen LogP contribution in [0.4, 0.5) is 0 Å². The third kappa shape index (κ3) is 3.87. The summed E-state index contributed by atoms with van der Waals surface area (Å²) in [5.41, 5.74) is 4.66. The van der Waals surface area contributed by atoms with Crippen molar-refractivity contribution in [3.63, 3.8) is 0 Å². The molecule has 4 rings (SSSR count). The Hall–Kier alpha value is -2.47. The van der Waals surface area contributed by atoms with Crippen LogP contribution in [0.15, 0.2) is 96.1 Å². The molecule has 1 unspecified atom stereocenters. The van der Waals surface area contributed by atoms with Crippen LogP contribution in [-0.2, 0) is 0 Å². The Labute approximate surface area is 184 Å². The number of rotatable bonds is 4. The van der Waals surface area contributed by atoms with Gasteiger partial charge >= 0.3 is 5.84 Å². The highest BCUT2D eigenvalue weighted by Gasteiger charge is 2.37. The zero-order chi connectivity index (χ0) is 18.6. The van der Waals surface area contributed by atoms with Crippen molar-refractivity contribution in [1.29, 1.82) is 0 Å². The average Bonchev–Trinajstić information content (AvgIpc) is 2.74. The number of likely N-dealkylation sites (N-methyl/N-ethyl adjacent to an activating group) is 1. The van der Waals surface area contributed by atoms with Crippen LogP contribution in [0.2, 0.25) is 0 Å². The van der Waals surface area contributed by atoms with Crippen LogP contribution in [0.1, 0.15) is 29.7 Å². The minimum Gasteiger partial charge on any atom is -1.00 e. The summed E-state index contributed by atoms with van der Waals surface area (Å²) in [4.78, 5) is 0. The first-order valence-corrected chi connectivity index (χ1v) is 9.41. The Morgan fingerprint density at radius 1 is 0.786 bits per heavy atom. The Morgan fingerprint density at radius 2 is 1.29 bits per heavy atom. The molecule has 0 fully saturated rings. The van der Waals surface area contributed by atoms with Gasteiger partial charge in [0.1, 0.15) is 12.8 Å². The summed E-state index contributed by atoms with van der Waals surface area (Å²) in [7, 11) is 2.04. The van der Waals surface area contributed by atoms with Crippen LogP contribution >= 0.6 is 0 Å². The number of hydrogen-bond acceptors (Lipinski definition) is 2. The van der Waals surface area contributed by atoms with E-state index in [1.165, 1.54) is 11.1 Å². The number of amidine groups is 1. The summed E-state index contributed by atoms with van der Waals surface area (Å²) in [6.45, 7) is 3.10. The summed E-state index contributed by atoms with van der Waals surface area (Å²) in [6, 6.07) is 31.7. The number of benzene rings is 3. The molecule has 0 saturated carbocycles. The van der Waals surface area contributed by atoms with Crippen LogP contribution in [0.3, 0.4) is 0 Å². The van der Waals surface area contributed by atoms with Crippen LogP contribution in [0.5, 0.6) is 0 Å². The summed E-state index contributed by atoms with van der Waals surface area (Å²) >= 11 is 0. The largest absolute Gasteiger partial charge is 1.00 e. The molecular formula is C24H24IN3. The van der Waals surface area contributed by atoms with Crippen molar-refractivity contribution in [2.45, 2.75) is 13.0 Å². The van der Waals surface area contributed by atoms with Gasteiger partial charge in [-0.3, -0.25) is 0 Å². The third-order valence-electron chi connectivity index (χ3n) is 4.96. The van der Waals surface area contributed by atoms with Gasteiger partial charge in [-0.25, -0.2) is 4.58 Å². The first-order valence-electron chi connectivity index (χ1n) is 9.41. The van der Waals surface area contributed by atoms with Gasteiger partial charge in [0.05, 0.1) is 12.1 Å². The fraction of sp³-hybridized carbons (Fsp3) is 0.167. The Morgan fingerprint density at radius 3 is 1.82 bits per heavy atom. The summed E-state index contributed by atoms with van der Waals surface area (Å²) in [5, 5.41) is 7.05. The SMILES string of the molecule is CC[N+]1=C(c2ccccc2)N(C)N=C(c2ccccc2)C1c1ccccc1.[I-]. The van der Waals surface area contributed by atoms with E-state index in [-0.39, 0.29) is 30.0 Å². The molecule has 0 radical (unpaired) electrons. The van der Waals surface area contributed by atoms with E-state index in [1.54, 1.807) is 0 Å². The Bertz CT molecular complexity index is 967. The van der Waals surface area contributed by atoms with Crippen LogP contribution in [0.25, 0.3) is 0 Å². The molecule has 3 aromatic rings. The monoisotopic (exact) mass is 481 g/mol. The molecule has 142 valence electrons. The van der Waals surface area contributed by atoms with Crippen molar-refractivity contribution in [2.75, 3.05) is 13.6 Å². The normalized spacial score (nSPS) is 16.4. The first kappa shape index (κ1) is 20.3. The zero-order valence-electron chi connectivity index (χ0n) is 16.2. The molecule has 0 N–H and O–H groups in total. The maximum Gasteiger partial charge on any atom is 0.305 e. The quantitative estimate of drug-likeness (QED) is 0.409. The van der Waals surface area contributed by atoms with Gasteiger partial charge in [-0.15, -0.1) is 5.01 Å².